The number of nitrogens with zero attached hydrogens (tertiary/aromatic N) is 4. The van der Waals surface area contributed by atoms with Gasteiger partial charge in [0.2, 0.25) is 0 Å². The largest absolute Gasteiger partial charge is 0.497 e. The molecular weight excluding hydrogens is 372 g/mol. The lowest BCUT2D eigenvalue weighted by Gasteiger charge is -2.23. The highest BCUT2D eigenvalue weighted by Gasteiger charge is 2.29. The zero-order valence-electron chi connectivity index (χ0n) is 16.1. The molecule has 7 heteroatoms. The van der Waals surface area contributed by atoms with Crippen molar-refractivity contribution in [3.63, 3.8) is 0 Å². The van der Waals surface area contributed by atoms with Crippen molar-refractivity contribution in [3.8, 4) is 11.4 Å². The second-order valence-electron chi connectivity index (χ2n) is 6.93. The molecule has 0 aliphatic carbocycles. The third kappa shape index (κ3) is 3.38. The Morgan fingerprint density at radius 2 is 1.93 bits per heavy atom. The molecule has 1 amide bonds. The second kappa shape index (κ2) is 7.67. The minimum absolute atomic E-state index is 0.112. The number of aromatic nitrogens is 3. The summed E-state index contributed by atoms with van der Waals surface area (Å²) in [4.78, 5) is 16.4. The lowest BCUT2D eigenvalue weighted by Crippen LogP contribution is -2.35. The van der Waals surface area contributed by atoms with Crippen LogP contribution in [-0.4, -0.2) is 40.3 Å². The van der Waals surface area contributed by atoms with Gasteiger partial charge in [-0.3, -0.25) is 4.79 Å². The first-order valence-corrected chi connectivity index (χ1v) is 10.2. The van der Waals surface area contributed by atoms with Crippen LogP contribution in [0, 0.1) is 12.8 Å². The van der Waals surface area contributed by atoms with Crippen LogP contribution in [0.15, 0.2) is 53.4 Å². The van der Waals surface area contributed by atoms with E-state index in [1.165, 1.54) is 0 Å². The van der Waals surface area contributed by atoms with Crippen LogP contribution in [0.2, 0.25) is 0 Å². The van der Waals surface area contributed by atoms with Gasteiger partial charge in [-0.25, -0.2) is 4.68 Å². The van der Waals surface area contributed by atoms with E-state index in [2.05, 4.69) is 23.3 Å². The number of carbonyl (C=O) groups is 1. The first-order chi connectivity index (χ1) is 13.6. The van der Waals surface area contributed by atoms with Crippen molar-refractivity contribution in [1.29, 1.82) is 0 Å². The summed E-state index contributed by atoms with van der Waals surface area (Å²) >= 11 is 1.80. The predicted molar refractivity (Wildman–Crippen MR) is 111 cm³/mol. The maximum atomic E-state index is 13.4. The number of fused-ring (bicyclic) bond motifs is 1. The lowest BCUT2D eigenvalue weighted by atomic mass is 10.1. The molecule has 0 bridgehead atoms. The molecule has 2 heterocycles. The molecule has 0 saturated carbocycles. The number of amides is 1. The number of carbonyl (C=O) groups excluding carboxylic acids is 1. The van der Waals surface area contributed by atoms with Crippen molar-refractivity contribution in [2.24, 2.45) is 5.92 Å². The highest BCUT2D eigenvalue weighted by molar-refractivity contribution is 7.99. The molecule has 6 nitrogen and oxygen atoms in total. The zero-order chi connectivity index (χ0) is 19.7. The Morgan fingerprint density at radius 1 is 1.18 bits per heavy atom. The van der Waals surface area contributed by atoms with Gasteiger partial charge in [0.25, 0.3) is 5.91 Å². The Balaban J connectivity index is 1.69. The molecule has 1 atom stereocenters. The standard InChI is InChI=1S/C21H22N4O2S/c1-14-12-24(18-6-4-5-7-19(18)28-13-14)21(26)20-15(2)25(23-22-20)16-8-10-17(27-3)11-9-16/h4-11,14H,12-13H2,1-3H3/t14-/m1/s1. The van der Waals surface area contributed by atoms with Crippen LogP contribution in [0.3, 0.4) is 0 Å². The van der Waals surface area contributed by atoms with Gasteiger partial charge in [0, 0.05) is 17.2 Å². The van der Waals surface area contributed by atoms with Gasteiger partial charge >= 0.3 is 0 Å². The fourth-order valence-electron chi connectivity index (χ4n) is 3.31. The van der Waals surface area contributed by atoms with E-state index in [4.69, 9.17) is 4.74 Å². The van der Waals surface area contributed by atoms with Gasteiger partial charge < -0.3 is 9.64 Å². The van der Waals surface area contributed by atoms with Crippen LogP contribution < -0.4 is 9.64 Å². The summed E-state index contributed by atoms with van der Waals surface area (Å²) < 4.78 is 6.89. The van der Waals surface area contributed by atoms with Gasteiger partial charge in [0.1, 0.15) is 5.75 Å². The van der Waals surface area contributed by atoms with Crippen LogP contribution in [0.25, 0.3) is 5.69 Å². The molecule has 0 saturated heterocycles. The summed E-state index contributed by atoms with van der Waals surface area (Å²) in [6.45, 7) is 4.71. The molecule has 0 fully saturated rings. The SMILES string of the molecule is COc1ccc(-n2nnc(C(=O)N3C[C@@H](C)CSc4ccccc43)c2C)cc1. The number of thioether (sulfide) groups is 1. The molecular formula is C21H22N4O2S. The number of benzene rings is 2. The maximum Gasteiger partial charge on any atom is 0.280 e. The van der Waals surface area contributed by atoms with Crippen LogP contribution >= 0.6 is 11.8 Å². The molecule has 28 heavy (non-hydrogen) atoms. The average molecular weight is 395 g/mol. The van der Waals surface area contributed by atoms with Crippen molar-refractivity contribution in [2.75, 3.05) is 24.3 Å². The third-order valence-corrected chi connectivity index (χ3v) is 6.22. The Morgan fingerprint density at radius 3 is 2.68 bits per heavy atom. The van der Waals surface area contributed by atoms with Crippen molar-refractivity contribution in [2.45, 2.75) is 18.7 Å². The Labute approximate surface area is 168 Å². The van der Waals surface area contributed by atoms with E-state index in [9.17, 15) is 4.79 Å². The number of hydrogen-bond acceptors (Lipinski definition) is 5. The first-order valence-electron chi connectivity index (χ1n) is 9.19. The molecule has 144 valence electrons. The smallest absolute Gasteiger partial charge is 0.280 e. The van der Waals surface area contributed by atoms with Gasteiger partial charge in [-0.15, -0.1) is 16.9 Å². The summed E-state index contributed by atoms with van der Waals surface area (Å²) in [6.07, 6.45) is 0. The van der Waals surface area contributed by atoms with Crippen LogP contribution in [0.5, 0.6) is 5.75 Å². The van der Waals surface area contributed by atoms with E-state index >= 15 is 0 Å². The zero-order valence-corrected chi connectivity index (χ0v) is 16.9. The van der Waals surface area contributed by atoms with Gasteiger partial charge in [0.05, 0.1) is 24.2 Å². The van der Waals surface area contributed by atoms with Crippen molar-refractivity contribution < 1.29 is 9.53 Å². The van der Waals surface area contributed by atoms with Crippen LogP contribution in [-0.2, 0) is 0 Å². The van der Waals surface area contributed by atoms with Gasteiger partial charge in [0.15, 0.2) is 5.69 Å². The summed E-state index contributed by atoms with van der Waals surface area (Å²) in [5.41, 5.74) is 2.88. The molecule has 1 aliphatic rings. The van der Waals surface area contributed by atoms with Gasteiger partial charge in [-0.1, -0.05) is 24.3 Å². The number of ether oxygens (including phenoxy) is 1. The Hall–Kier alpha value is -2.80. The molecule has 3 aromatic rings. The maximum absolute atomic E-state index is 13.4. The molecule has 0 spiro atoms. The van der Waals surface area contributed by atoms with Crippen molar-refractivity contribution in [1.82, 2.24) is 15.0 Å². The molecule has 4 rings (SSSR count). The van der Waals surface area contributed by atoms with Gasteiger partial charge in [-0.05, 0) is 49.2 Å². The first kappa shape index (κ1) is 18.6. The van der Waals surface area contributed by atoms with E-state index in [-0.39, 0.29) is 5.91 Å². The Bertz CT molecular complexity index is 1000. The quantitative estimate of drug-likeness (QED) is 0.673. The number of methoxy groups -OCH3 is 1. The summed E-state index contributed by atoms with van der Waals surface area (Å²) in [7, 11) is 1.63. The minimum atomic E-state index is -0.112. The molecule has 2 aromatic carbocycles. The minimum Gasteiger partial charge on any atom is -0.497 e. The number of rotatable bonds is 3. The van der Waals surface area contributed by atoms with Crippen LogP contribution in [0.1, 0.15) is 23.1 Å². The molecule has 0 radical (unpaired) electrons. The van der Waals surface area contributed by atoms with Crippen LogP contribution in [0.4, 0.5) is 5.69 Å². The third-order valence-electron chi connectivity index (χ3n) is 4.83. The monoisotopic (exact) mass is 394 g/mol. The number of hydrogen-bond donors (Lipinski definition) is 0. The Kier molecular flexibility index (Phi) is 5.09. The fraction of sp³-hybridized carbons (Fsp3) is 0.286. The molecule has 1 aromatic heterocycles. The predicted octanol–water partition coefficient (Wildman–Crippen LogP) is 3.97. The second-order valence-corrected chi connectivity index (χ2v) is 7.99. The summed E-state index contributed by atoms with van der Waals surface area (Å²) in [5.74, 6) is 2.03. The van der Waals surface area contributed by atoms with E-state index in [1.54, 1.807) is 23.6 Å². The van der Waals surface area contributed by atoms with E-state index in [0.29, 0.717) is 18.2 Å². The van der Waals surface area contributed by atoms with E-state index in [1.807, 2.05) is 54.3 Å². The van der Waals surface area contributed by atoms with Gasteiger partial charge in [-0.2, -0.15) is 0 Å². The average Bonchev–Trinajstić information content (AvgIpc) is 3.02. The normalized spacial score (nSPS) is 16.4. The number of anilines is 1. The lowest BCUT2D eigenvalue weighted by molar-refractivity contribution is 0.0978. The topological polar surface area (TPSA) is 60.2 Å². The highest BCUT2D eigenvalue weighted by Crippen LogP contribution is 2.36. The molecule has 0 unspecified atom stereocenters. The fourth-order valence-corrected chi connectivity index (χ4v) is 4.38. The summed E-state index contributed by atoms with van der Waals surface area (Å²) in [5, 5.41) is 8.45. The molecule has 1 aliphatic heterocycles. The van der Waals surface area contributed by atoms with E-state index < -0.39 is 0 Å². The summed E-state index contributed by atoms with van der Waals surface area (Å²) in [6, 6.07) is 15.6. The molecule has 0 N–H and O–H groups in total. The van der Waals surface area contributed by atoms with Crippen molar-refractivity contribution >= 4 is 23.4 Å². The van der Waals surface area contributed by atoms with Crippen molar-refractivity contribution in [3.05, 3.63) is 59.9 Å². The van der Waals surface area contributed by atoms with E-state index in [0.717, 1.165) is 33.5 Å². The number of para-hydroxylation sites is 1. The highest BCUT2D eigenvalue weighted by atomic mass is 32.2.